The predicted molar refractivity (Wildman–Crippen MR) is 95.1 cm³/mol. The van der Waals surface area contributed by atoms with Crippen molar-refractivity contribution in [1.29, 1.82) is 0 Å². The monoisotopic (exact) mass is 460 g/mol. The summed E-state index contributed by atoms with van der Waals surface area (Å²) >= 11 is 11.1. The van der Waals surface area contributed by atoms with Crippen LogP contribution in [-0.4, -0.2) is 7.11 Å². The second kappa shape index (κ2) is 6.63. The molecule has 0 aliphatic rings. The zero-order chi connectivity index (χ0) is 14.9. The van der Waals surface area contributed by atoms with Crippen molar-refractivity contribution in [2.75, 3.05) is 7.11 Å². The third-order valence-corrected chi connectivity index (χ3v) is 6.20. The molecule has 0 aliphatic carbocycles. The van der Waals surface area contributed by atoms with Crippen LogP contribution in [0.4, 0.5) is 0 Å². The van der Waals surface area contributed by atoms with E-state index in [1.54, 1.807) is 7.11 Å². The quantitative estimate of drug-likeness (QED) is 0.485. The Morgan fingerprint density at radius 2 is 1.70 bits per heavy atom. The fraction of sp³-hybridized carbons (Fsp3) is 0.250. The maximum atomic E-state index is 5.53. The van der Waals surface area contributed by atoms with Crippen LogP contribution < -0.4 is 4.74 Å². The van der Waals surface area contributed by atoms with Crippen LogP contribution in [0.15, 0.2) is 39.3 Å². The number of ether oxygens (including phenoxy) is 1. The number of methoxy groups -OCH3 is 1. The molecule has 2 aromatic rings. The van der Waals surface area contributed by atoms with E-state index in [1.807, 2.05) is 0 Å². The molecule has 106 valence electrons. The first-order valence-electron chi connectivity index (χ1n) is 6.18. The number of hydrogen-bond acceptors (Lipinski definition) is 1. The van der Waals surface area contributed by atoms with Crippen LogP contribution in [0.1, 0.15) is 27.1 Å². The van der Waals surface area contributed by atoms with Crippen molar-refractivity contribution >= 4 is 47.8 Å². The molecule has 0 radical (unpaired) electrons. The highest BCUT2D eigenvalue weighted by atomic mass is 79.9. The van der Waals surface area contributed by atoms with Crippen molar-refractivity contribution in [3.8, 4) is 5.75 Å². The Morgan fingerprint density at radius 3 is 2.35 bits per heavy atom. The van der Waals surface area contributed by atoms with E-state index in [-0.39, 0.29) is 4.83 Å². The van der Waals surface area contributed by atoms with Crippen LogP contribution in [0.2, 0.25) is 0 Å². The van der Waals surface area contributed by atoms with E-state index in [1.165, 1.54) is 11.1 Å². The number of alkyl halides is 1. The van der Waals surface area contributed by atoms with Gasteiger partial charge in [-0.1, -0.05) is 66.0 Å². The zero-order valence-electron chi connectivity index (χ0n) is 11.5. The van der Waals surface area contributed by atoms with Gasteiger partial charge in [-0.05, 0) is 42.7 Å². The molecule has 0 aliphatic heterocycles. The second-order valence-electron chi connectivity index (χ2n) is 4.68. The van der Waals surface area contributed by atoms with Crippen LogP contribution in [0.3, 0.4) is 0 Å². The Kier molecular flexibility index (Phi) is 5.32. The third-order valence-electron chi connectivity index (χ3n) is 3.28. The van der Waals surface area contributed by atoms with Crippen molar-refractivity contribution in [2.24, 2.45) is 0 Å². The lowest BCUT2D eigenvalue weighted by atomic mass is 10.0. The molecule has 0 amide bonds. The molecular formula is C16H15Br3O. The van der Waals surface area contributed by atoms with Gasteiger partial charge >= 0.3 is 0 Å². The first kappa shape index (κ1) is 16.1. The Hall–Kier alpha value is -0.320. The number of aryl methyl sites for hydroxylation is 2. The number of halogens is 3. The van der Waals surface area contributed by atoms with Gasteiger partial charge in [-0.25, -0.2) is 0 Å². The third kappa shape index (κ3) is 3.12. The largest absolute Gasteiger partial charge is 0.496 e. The first-order chi connectivity index (χ1) is 9.45. The summed E-state index contributed by atoms with van der Waals surface area (Å²) in [5.74, 6) is 0.890. The highest BCUT2D eigenvalue weighted by Crippen LogP contribution is 2.42. The summed E-state index contributed by atoms with van der Waals surface area (Å²) in [5.41, 5.74) is 4.68. The zero-order valence-corrected chi connectivity index (χ0v) is 16.3. The predicted octanol–water partition coefficient (Wildman–Crippen LogP) is 6.32. The summed E-state index contributed by atoms with van der Waals surface area (Å²) < 4.78 is 7.74. The summed E-state index contributed by atoms with van der Waals surface area (Å²) in [5, 5.41) is 0. The molecule has 0 bridgehead atoms. The molecule has 0 saturated carbocycles. The van der Waals surface area contributed by atoms with Gasteiger partial charge in [-0.2, -0.15) is 0 Å². The Bertz CT molecular complexity index is 638. The standard InChI is InChI=1S/C16H15Br3O/c1-9-5-4-6-11(15(9)18)16(19)12-8-13(17)10(2)7-14(12)20-3/h4-8,16H,1-3H3. The average Bonchev–Trinajstić information content (AvgIpc) is 2.43. The lowest BCUT2D eigenvalue weighted by molar-refractivity contribution is 0.410. The highest BCUT2D eigenvalue weighted by Gasteiger charge is 2.19. The highest BCUT2D eigenvalue weighted by molar-refractivity contribution is 9.11. The number of benzene rings is 2. The van der Waals surface area contributed by atoms with Crippen LogP contribution in [-0.2, 0) is 0 Å². The van der Waals surface area contributed by atoms with Gasteiger partial charge in [0.1, 0.15) is 5.75 Å². The smallest absolute Gasteiger partial charge is 0.123 e. The van der Waals surface area contributed by atoms with Gasteiger partial charge in [-0.3, -0.25) is 0 Å². The molecule has 2 rings (SSSR count). The van der Waals surface area contributed by atoms with E-state index in [0.29, 0.717) is 0 Å². The van der Waals surface area contributed by atoms with Gasteiger partial charge in [0.2, 0.25) is 0 Å². The van der Waals surface area contributed by atoms with Crippen molar-refractivity contribution in [2.45, 2.75) is 18.7 Å². The Balaban J connectivity index is 2.55. The van der Waals surface area contributed by atoms with Gasteiger partial charge in [0.25, 0.3) is 0 Å². The molecule has 0 fully saturated rings. The van der Waals surface area contributed by atoms with E-state index in [9.17, 15) is 0 Å². The molecule has 0 N–H and O–H groups in total. The van der Waals surface area contributed by atoms with Gasteiger partial charge in [0.15, 0.2) is 0 Å². The molecule has 2 aromatic carbocycles. The molecule has 4 heteroatoms. The molecule has 1 nitrogen and oxygen atoms in total. The lowest BCUT2D eigenvalue weighted by Crippen LogP contribution is -2.00. The van der Waals surface area contributed by atoms with Crippen molar-refractivity contribution in [3.05, 3.63) is 61.5 Å². The van der Waals surface area contributed by atoms with E-state index in [2.05, 4.69) is 92.0 Å². The lowest BCUT2D eigenvalue weighted by Gasteiger charge is -2.18. The molecular weight excluding hydrogens is 448 g/mol. The molecule has 0 spiro atoms. The van der Waals surface area contributed by atoms with Crippen LogP contribution >= 0.6 is 47.8 Å². The van der Waals surface area contributed by atoms with E-state index >= 15 is 0 Å². The van der Waals surface area contributed by atoms with Gasteiger partial charge in [-0.15, -0.1) is 0 Å². The van der Waals surface area contributed by atoms with E-state index in [4.69, 9.17) is 4.74 Å². The normalized spacial score (nSPS) is 12.3. The van der Waals surface area contributed by atoms with Gasteiger partial charge in [0.05, 0.1) is 11.9 Å². The summed E-state index contributed by atoms with van der Waals surface area (Å²) in [4.78, 5) is 0.0728. The molecule has 20 heavy (non-hydrogen) atoms. The molecule has 1 unspecified atom stereocenters. The Labute approximate surface area is 145 Å². The minimum atomic E-state index is 0.0728. The molecule has 1 atom stereocenters. The van der Waals surface area contributed by atoms with Crippen LogP contribution in [0, 0.1) is 13.8 Å². The summed E-state index contributed by atoms with van der Waals surface area (Å²) in [6.45, 7) is 4.15. The maximum absolute atomic E-state index is 5.53. The van der Waals surface area contributed by atoms with E-state index < -0.39 is 0 Å². The van der Waals surface area contributed by atoms with Crippen molar-refractivity contribution in [1.82, 2.24) is 0 Å². The van der Waals surface area contributed by atoms with Crippen LogP contribution in [0.25, 0.3) is 0 Å². The van der Waals surface area contributed by atoms with Crippen molar-refractivity contribution in [3.63, 3.8) is 0 Å². The van der Waals surface area contributed by atoms with Crippen LogP contribution in [0.5, 0.6) is 5.75 Å². The van der Waals surface area contributed by atoms with Crippen molar-refractivity contribution < 1.29 is 4.74 Å². The Morgan fingerprint density at radius 1 is 1.00 bits per heavy atom. The van der Waals surface area contributed by atoms with Gasteiger partial charge < -0.3 is 4.74 Å². The SMILES string of the molecule is COc1cc(C)c(Br)cc1C(Br)c1cccc(C)c1Br. The molecule has 0 saturated heterocycles. The van der Waals surface area contributed by atoms with Gasteiger partial charge in [0, 0.05) is 14.5 Å². The number of hydrogen-bond donors (Lipinski definition) is 0. The minimum absolute atomic E-state index is 0.0728. The second-order valence-corrected chi connectivity index (χ2v) is 7.25. The fourth-order valence-electron chi connectivity index (χ4n) is 2.08. The summed E-state index contributed by atoms with van der Waals surface area (Å²) in [6, 6.07) is 10.4. The molecule has 0 aromatic heterocycles. The minimum Gasteiger partial charge on any atom is -0.496 e. The topological polar surface area (TPSA) is 9.23 Å². The average molecular weight is 463 g/mol. The number of rotatable bonds is 3. The van der Waals surface area contributed by atoms with E-state index in [0.717, 1.165) is 25.8 Å². The summed E-state index contributed by atoms with van der Waals surface area (Å²) in [6.07, 6.45) is 0. The molecule has 0 heterocycles. The maximum Gasteiger partial charge on any atom is 0.123 e. The fourth-order valence-corrected chi connectivity index (χ4v) is 3.98. The summed E-state index contributed by atoms with van der Waals surface area (Å²) in [7, 11) is 1.71. The first-order valence-corrected chi connectivity index (χ1v) is 8.69.